The average molecular weight is 298 g/mol. The molecular weight excluding hydrogens is 274 g/mol. The Kier molecular flexibility index (Phi) is 6.06. The second kappa shape index (κ2) is 7.56. The van der Waals surface area contributed by atoms with Crippen LogP contribution in [0.2, 0.25) is 5.02 Å². The van der Waals surface area contributed by atoms with Gasteiger partial charge in [0.25, 0.3) is 0 Å². The average Bonchev–Trinajstić information content (AvgIpc) is 2.84. The van der Waals surface area contributed by atoms with E-state index in [0.29, 0.717) is 12.1 Å². The first-order chi connectivity index (χ1) is 9.22. The lowest BCUT2D eigenvalue weighted by Gasteiger charge is -2.22. The molecule has 0 radical (unpaired) electrons. The van der Waals surface area contributed by atoms with E-state index in [9.17, 15) is 0 Å². The van der Waals surface area contributed by atoms with E-state index < -0.39 is 0 Å². The third kappa shape index (κ3) is 4.40. The molecule has 3 unspecified atom stereocenters. The van der Waals surface area contributed by atoms with E-state index >= 15 is 0 Å². The molecule has 1 N–H and O–H groups in total. The van der Waals surface area contributed by atoms with Crippen molar-refractivity contribution in [2.75, 3.05) is 5.75 Å². The van der Waals surface area contributed by atoms with E-state index in [1.54, 1.807) is 0 Å². The Morgan fingerprint density at radius 3 is 2.89 bits per heavy atom. The van der Waals surface area contributed by atoms with Crippen molar-refractivity contribution in [1.82, 2.24) is 5.32 Å². The number of hydrogen-bond donors (Lipinski definition) is 1. The van der Waals surface area contributed by atoms with Gasteiger partial charge in [0.05, 0.1) is 0 Å². The van der Waals surface area contributed by atoms with Crippen LogP contribution in [-0.4, -0.2) is 17.0 Å². The molecule has 3 heteroatoms. The molecule has 1 saturated carbocycles. The highest BCUT2D eigenvalue weighted by molar-refractivity contribution is 7.99. The molecule has 1 aromatic rings. The van der Waals surface area contributed by atoms with Gasteiger partial charge in [-0.3, -0.25) is 0 Å². The van der Waals surface area contributed by atoms with Crippen molar-refractivity contribution >= 4 is 23.4 Å². The van der Waals surface area contributed by atoms with Crippen molar-refractivity contribution in [3.63, 3.8) is 0 Å². The highest BCUT2D eigenvalue weighted by Crippen LogP contribution is 2.31. The molecule has 0 saturated heterocycles. The Balaban J connectivity index is 1.93. The van der Waals surface area contributed by atoms with E-state index in [1.807, 2.05) is 12.1 Å². The minimum atomic E-state index is 0.439. The molecule has 0 heterocycles. The summed E-state index contributed by atoms with van der Waals surface area (Å²) in [5.74, 6) is 1.24. The Morgan fingerprint density at radius 2 is 2.21 bits per heavy atom. The van der Waals surface area contributed by atoms with Gasteiger partial charge in [-0.15, -0.1) is 0 Å². The fourth-order valence-electron chi connectivity index (χ4n) is 2.94. The maximum Gasteiger partial charge on any atom is 0.0409 e. The molecule has 106 valence electrons. The van der Waals surface area contributed by atoms with Crippen LogP contribution in [0.3, 0.4) is 0 Å². The van der Waals surface area contributed by atoms with Gasteiger partial charge >= 0.3 is 0 Å². The van der Waals surface area contributed by atoms with Gasteiger partial charge in [0.1, 0.15) is 0 Å². The molecule has 1 fully saturated rings. The van der Waals surface area contributed by atoms with Crippen molar-refractivity contribution in [2.45, 2.75) is 56.9 Å². The van der Waals surface area contributed by atoms with Gasteiger partial charge < -0.3 is 5.32 Å². The normalized spacial score (nSPS) is 24.6. The van der Waals surface area contributed by atoms with Gasteiger partial charge in [-0.25, -0.2) is 0 Å². The predicted octanol–water partition coefficient (Wildman–Crippen LogP) is 5.05. The van der Waals surface area contributed by atoms with Crippen LogP contribution in [0.1, 0.15) is 51.1 Å². The molecule has 1 nitrogen and oxygen atoms in total. The lowest BCUT2D eigenvalue weighted by atomic mass is 10.0. The zero-order valence-corrected chi connectivity index (χ0v) is 13.4. The van der Waals surface area contributed by atoms with Crippen LogP contribution in [0.4, 0.5) is 0 Å². The molecule has 0 bridgehead atoms. The lowest BCUT2D eigenvalue weighted by molar-refractivity contribution is 0.431. The molecule has 19 heavy (non-hydrogen) atoms. The highest BCUT2D eigenvalue weighted by atomic mass is 35.5. The second-order valence-corrected chi connectivity index (χ2v) is 7.28. The summed E-state index contributed by atoms with van der Waals surface area (Å²) in [6.07, 6.45) is 5.11. The van der Waals surface area contributed by atoms with Crippen LogP contribution in [0.25, 0.3) is 0 Å². The summed E-state index contributed by atoms with van der Waals surface area (Å²) in [4.78, 5) is 0. The summed E-state index contributed by atoms with van der Waals surface area (Å²) in [5, 5.41) is 5.52. The Labute approximate surface area is 126 Å². The van der Waals surface area contributed by atoms with E-state index in [2.05, 4.69) is 43.1 Å². The van der Waals surface area contributed by atoms with Gasteiger partial charge in [0.15, 0.2) is 0 Å². The fourth-order valence-corrected chi connectivity index (χ4v) is 4.28. The number of nitrogens with one attached hydrogen (secondary N) is 1. The molecule has 1 aromatic carbocycles. The van der Waals surface area contributed by atoms with Crippen molar-refractivity contribution < 1.29 is 0 Å². The molecule has 1 aliphatic rings. The van der Waals surface area contributed by atoms with Crippen LogP contribution in [0.15, 0.2) is 24.3 Å². The van der Waals surface area contributed by atoms with Crippen molar-refractivity contribution in [2.24, 2.45) is 0 Å². The topological polar surface area (TPSA) is 12.0 Å². The van der Waals surface area contributed by atoms with E-state index in [1.165, 1.54) is 30.6 Å². The van der Waals surface area contributed by atoms with Gasteiger partial charge in [0, 0.05) is 22.4 Å². The van der Waals surface area contributed by atoms with Crippen molar-refractivity contribution in [3.8, 4) is 0 Å². The molecule has 0 amide bonds. The van der Waals surface area contributed by atoms with Crippen LogP contribution >= 0.6 is 23.4 Å². The largest absolute Gasteiger partial charge is 0.307 e. The Hall–Kier alpha value is -0.180. The van der Waals surface area contributed by atoms with Gasteiger partial charge in [-0.2, -0.15) is 11.8 Å². The third-order valence-electron chi connectivity index (χ3n) is 3.88. The first-order valence-corrected chi connectivity index (χ1v) is 8.78. The fraction of sp³-hybridized carbons (Fsp3) is 0.625. The third-order valence-corrected chi connectivity index (χ3v) is 5.35. The summed E-state index contributed by atoms with van der Waals surface area (Å²) in [7, 11) is 0. The zero-order valence-electron chi connectivity index (χ0n) is 11.9. The summed E-state index contributed by atoms with van der Waals surface area (Å²) < 4.78 is 0. The molecule has 0 aliphatic heterocycles. The molecule has 3 atom stereocenters. The van der Waals surface area contributed by atoms with E-state index in [0.717, 1.165) is 16.7 Å². The molecule has 0 aromatic heterocycles. The van der Waals surface area contributed by atoms with Crippen LogP contribution in [0.5, 0.6) is 0 Å². The first kappa shape index (κ1) is 15.2. The van der Waals surface area contributed by atoms with Gasteiger partial charge in [-0.05, 0) is 49.1 Å². The maximum absolute atomic E-state index is 6.10. The molecular formula is C16H24ClNS. The second-order valence-electron chi connectivity index (χ2n) is 5.27. The lowest BCUT2D eigenvalue weighted by Crippen LogP contribution is -2.30. The number of hydrogen-bond acceptors (Lipinski definition) is 2. The smallest absolute Gasteiger partial charge is 0.0409 e. The van der Waals surface area contributed by atoms with Crippen LogP contribution in [-0.2, 0) is 0 Å². The van der Waals surface area contributed by atoms with Crippen LogP contribution < -0.4 is 5.32 Å². The summed E-state index contributed by atoms with van der Waals surface area (Å²) in [5.41, 5.74) is 1.32. The summed E-state index contributed by atoms with van der Waals surface area (Å²) in [6.45, 7) is 4.50. The monoisotopic (exact) mass is 297 g/mol. The quantitative estimate of drug-likeness (QED) is 0.788. The molecule has 0 spiro atoms. The number of benzene rings is 1. The molecule has 2 rings (SSSR count). The van der Waals surface area contributed by atoms with Gasteiger partial charge in [0.2, 0.25) is 0 Å². The Bertz CT molecular complexity index is 396. The first-order valence-electron chi connectivity index (χ1n) is 7.36. The maximum atomic E-state index is 6.10. The zero-order chi connectivity index (χ0) is 13.7. The highest BCUT2D eigenvalue weighted by Gasteiger charge is 2.26. The molecule has 1 aliphatic carbocycles. The van der Waals surface area contributed by atoms with E-state index in [4.69, 9.17) is 11.6 Å². The minimum absolute atomic E-state index is 0.439. The Morgan fingerprint density at radius 1 is 1.37 bits per heavy atom. The predicted molar refractivity (Wildman–Crippen MR) is 87.2 cm³/mol. The standard InChI is InChI=1S/C16H24ClNS/c1-3-16(12-6-5-7-13(17)10-12)18-14-8-9-15(11-14)19-4-2/h5-7,10,14-16,18H,3-4,8-9,11H2,1-2H3. The van der Waals surface area contributed by atoms with Crippen molar-refractivity contribution in [1.29, 1.82) is 0 Å². The summed E-state index contributed by atoms with van der Waals surface area (Å²) in [6, 6.07) is 9.38. The number of rotatable bonds is 6. The summed E-state index contributed by atoms with van der Waals surface area (Å²) >= 11 is 8.21. The van der Waals surface area contributed by atoms with Gasteiger partial charge in [-0.1, -0.05) is 37.6 Å². The SMILES string of the molecule is CCSC1CCC(NC(CC)c2cccc(Cl)c2)C1. The number of thioether (sulfide) groups is 1. The van der Waals surface area contributed by atoms with Crippen LogP contribution in [0, 0.1) is 0 Å². The number of halogens is 1. The van der Waals surface area contributed by atoms with E-state index in [-0.39, 0.29) is 0 Å². The minimum Gasteiger partial charge on any atom is -0.307 e. The van der Waals surface area contributed by atoms with Crippen molar-refractivity contribution in [3.05, 3.63) is 34.9 Å².